The van der Waals surface area contributed by atoms with E-state index in [-0.39, 0.29) is 30.0 Å². The normalized spacial score (nSPS) is 19.5. The van der Waals surface area contributed by atoms with Crippen molar-refractivity contribution >= 4 is 40.1 Å². The van der Waals surface area contributed by atoms with Gasteiger partial charge in [-0.15, -0.1) is 6.42 Å². The van der Waals surface area contributed by atoms with E-state index in [0.29, 0.717) is 67.8 Å². The average molecular weight is 632 g/mol. The molecule has 3 aromatic rings. The summed E-state index contributed by atoms with van der Waals surface area (Å²) in [4.78, 5) is 49.8. The second-order valence-electron chi connectivity index (χ2n) is 12.6. The Morgan fingerprint density at radius 3 is 2.40 bits per heavy atom. The Balaban J connectivity index is 1.14. The molecule has 3 fully saturated rings. The van der Waals surface area contributed by atoms with Gasteiger partial charge in [-0.2, -0.15) is 0 Å². The molecule has 3 aliphatic heterocycles. The minimum absolute atomic E-state index is 0.00507. The van der Waals surface area contributed by atoms with Crippen molar-refractivity contribution < 1.29 is 9.59 Å². The molecule has 4 N–H and O–H groups in total. The van der Waals surface area contributed by atoms with E-state index in [9.17, 15) is 14.4 Å². The highest BCUT2D eigenvalue weighted by Crippen LogP contribution is 2.29. The zero-order valence-electron chi connectivity index (χ0n) is 25.6. The van der Waals surface area contributed by atoms with Crippen LogP contribution in [0.15, 0.2) is 41.2 Å². The van der Waals surface area contributed by atoms with Crippen molar-refractivity contribution in [1.82, 2.24) is 29.6 Å². The van der Waals surface area contributed by atoms with Crippen LogP contribution in [0.4, 0.5) is 5.69 Å². The van der Waals surface area contributed by atoms with Crippen molar-refractivity contribution in [3.63, 3.8) is 0 Å². The molecule has 11 heteroatoms. The van der Waals surface area contributed by atoms with E-state index in [4.69, 9.17) is 23.8 Å². The Labute approximate surface area is 268 Å². The summed E-state index contributed by atoms with van der Waals surface area (Å²) in [5.41, 5.74) is 9.26. The third kappa shape index (κ3) is 6.76. The van der Waals surface area contributed by atoms with Gasteiger partial charge in [-0.05, 0) is 75.0 Å². The monoisotopic (exact) mass is 631 g/mol. The Morgan fingerprint density at radius 1 is 0.978 bits per heavy atom. The maximum absolute atomic E-state index is 14.1. The second-order valence-corrected chi connectivity index (χ2v) is 13.0. The van der Waals surface area contributed by atoms with Crippen LogP contribution >= 0.6 is 11.6 Å². The first kappa shape index (κ1) is 31.2. The van der Waals surface area contributed by atoms with Crippen LogP contribution in [-0.4, -0.2) is 94.5 Å². The molecule has 3 aliphatic rings. The van der Waals surface area contributed by atoms with Crippen LogP contribution in [0.5, 0.6) is 0 Å². The topological polar surface area (TPSA) is 120 Å². The van der Waals surface area contributed by atoms with Crippen molar-refractivity contribution in [2.45, 2.75) is 50.6 Å². The number of likely N-dealkylation sites (tertiary alicyclic amines) is 1. The van der Waals surface area contributed by atoms with Crippen LogP contribution in [0.2, 0.25) is 5.02 Å². The molecule has 0 saturated carbocycles. The first-order valence-electron chi connectivity index (χ1n) is 16.1. The van der Waals surface area contributed by atoms with Gasteiger partial charge in [0.25, 0.3) is 0 Å². The molecule has 1 atom stereocenters. The number of nitrogens with two attached hydrogens (primary N) is 1. The molecule has 0 bridgehead atoms. The number of terminal acetylenes is 1. The van der Waals surface area contributed by atoms with Crippen molar-refractivity contribution in [2.24, 2.45) is 5.92 Å². The molecule has 45 heavy (non-hydrogen) atoms. The second kappa shape index (κ2) is 13.7. The van der Waals surface area contributed by atoms with E-state index in [0.717, 1.165) is 55.6 Å². The number of amides is 2. The summed E-state index contributed by atoms with van der Waals surface area (Å²) in [5, 5.41) is 3.78. The summed E-state index contributed by atoms with van der Waals surface area (Å²) >= 11 is 6.40. The lowest BCUT2D eigenvalue weighted by Gasteiger charge is -2.41. The largest absolute Gasteiger partial charge is 0.397 e. The summed E-state index contributed by atoms with van der Waals surface area (Å²) in [6.45, 7) is 6.10. The molecule has 0 aliphatic carbocycles. The van der Waals surface area contributed by atoms with Gasteiger partial charge in [0.15, 0.2) is 0 Å². The fourth-order valence-electron chi connectivity index (χ4n) is 7.33. The van der Waals surface area contributed by atoms with Crippen molar-refractivity contribution in [2.75, 3.05) is 58.1 Å². The van der Waals surface area contributed by atoms with Gasteiger partial charge in [0.2, 0.25) is 11.8 Å². The van der Waals surface area contributed by atoms with Crippen molar-refractivity contribution in [3.8, 4) is 12.3 Å². The Morgan fingerprint density at radius 2 is 1.69 bits per heavy atom. The van der Waals surface area contributed by atoms with E-state index in [1.165, 1.54) is 0 Å². The molecule has 0 spiro atoms. The predicted octanol–water partition coefficient (Wildman–Crippen LogP) is 2.86. The number of benzene rings is 2. The Kier molecular flexibility index (Phi) is 9.50. The lowest BCUT2D eigenvalue weighted by Crippen LogP contribution is -2.55. The maximum atomic E-state index is 14.1. The number of aromatic nitrogens is 2. The van der Waals surface area contributed by atoms with Gasteiger partial charge >= 0.3 is 5.69 Å². The number of aromatic amines is 1. The highest BCUT2D eigenvalue weighted by atomic mass is 35.5. The SMILES string of the molecule is C#Cc1cc(C[C@@H](CC(=O)N2CCC(n3c(=O)[nH]c4ccccc43)CC2)C(=O)N2CCN(C3CCNCC3)CC2)cc(Cl)c1N. The molecule has 3 saturated heterocycles. The van der Waals surface area contributed by atoms with E-state index < -0.39 is 5.92 Å². The summed E-state index contributed by atoms with van der Waals surface area (Å²) < 4.78 is 1.82. The minimum Gasteiger partial charge on any atom is -0.397 e. The standard InChI is InChI=1S/C34H42ClN7O3/c1-2-24-19-23(21-28(35)32(24)36)20-25(33(44)41-17-15-39(16-18-41)26-7-11-37-12-8-26)22-31(43)40-13-9-27(10-14-40)42-30-6-4-3-5-29(30)38-34(42)45/h1,3-6,19,21,25-27,37H,7-18,20,22,36H2,(H,38,45)/t25-/m0/s1. The van der Waals surface area contributed by atoms with Crippen molar-refractivity contribution in [3.05, 3.63) is 63.0 Å². The van der Waals surface area contributed by atoms with E-state index in [1.807, 2.05) is 38.6 Å². The van der Waals surface area contributed by atoms with Crippen LogP contribution in [0.1, 0.15) is 49.3 Å². The number of nitrogen functional groups attached to an aromatic ring is 1. The summed E-state index contributed by atoms with van der Waals surface area (Å²) in [5.74, 6) is 1.97. The number of nitrogens with zero attached hydrogens (tertiary/aromatic N) is 4. The number of anilines is 1. The van der Waals surface area contributed by atoms with Gasteiger partial charge in [0.05, 0.1) is 27.7 Å². The van der Waals surface area contributed by atoms with Crippen molar-refractivity contribution in [1.29, 1.82) is 0 Å². The first-order chi connectivity index (χ1) is 21.8. The fourth-order valence-corrected chi connectivity index (χ4v) is 7.57. The summed E-state index contributed by atoms with van der Waals surface area (Å²) in [6, 6.07) is 11.8. The Hall–Kier alpha value is -3.78. The highest BCUT2D eigenvalue weighted by Gasteiger charge is 2.34. The number of para-hydroxylation sites is 2. The summed E-state index contributed by atoms with van der Waals surface area (Å²) in [6.07, 6.45) is 9.72. The number of piperidine rings is 2. The minimum atomic E-state index is -0.554. The van der Waals surface area contributed by atoms with Gasteiger partial charge in [0.1, 0.15) is 0 Å². The molecule has 4 heterocycles. The van der Waals surface area contributed by atoms with Crippen LogP contribution in [0.3, 0.4) is 0 Å². The van der Waals surface area contributed by atoms with Crippen LogP contribution in [0, 0.1) is 18.3 Å². The predicted molar refractivity (Wildman–Crippen MR) is 177 cm³/mol. The average Bonchev–Trinajstić information content (AvgIpc) is 3.41. The van der Waals surface area contributed by atoms with Gasteiger partial charge < -0.3 is 25.8 Å². The zero-order valence-corrected chi connectivity index (χ0v) is 26.4. The first-order valence-corrected chi connectivity index (χ1v) is 16.4. The number of hydrogen-bond acceptors (Lipinski definition) is 6. The summed E-state index contributed by atoms with van der Waals surface area (Å²) in [7, 11) is 0. The Bertz CT molecular complexity index is 1640. The number of imidazole rings is 1. The van der Waals surface area contributed by atoms with Gasteiger partial charge in [-0.25, -0.2) is 4.79 Å². The number of nitrogens with one attached hydrogen (secondary N) is 2. The number of H-pyrrole nitrogens is 1. The molecule has 10 nitrogen and oxygen atoms in total. The number of piperazine rings is 1. The quantitative estimate of drug-likeness (QED) is 0.273. The highest BCUT2D eigenvalue weighted by molar-refractivity contribution is 6.33. The van der Waals surface area contributed by atoms with E-state index in [1.54, 1.807) is 12.1 Å². The van der Waals surface area contributed by atoms with Gasteiger partial charge in [0, 0.05) is 63.3 Å². The molecule has 0 radical (unpaired) electrons. The molecule has 0 unspecified atom stereocenters. The number of carbonyl (C=O) groups excluding carboxylic acids is 2. The number of carbonyl (C=O) groups is 2. The zero-order chi connectivity index (χ0) is 31.5. The lowest BCUT2D eigenvalue weighted by molar-refractivity contribution is -0.143. The van der Waals surface area contributed by atoms with Crippen LogP contribution in [0.25, 0.3) is 11.0 Å². The number of fused-ring (bicyclic) bond motifs is 1. The van der Waals surface area contributed by atoms with Crippen LogP contribution < -0.4 is 16.7 Å². The van der Waals surface area contributed by atoms with Gasteiger partial charge in [-0.3, -0.25) is 19.1 Å². The molecule has 2 aromatic carbocycles. The van der Waals surface area contributed by atoms with E-state index in [2.05, 4.69) is 21.1 Å². The lowest BCUT2D eigenvalue weighted by atomic mass is 9.92. The molecule has 6 rings (SSSR count). The third-order valence-electron chi connectivity index (χ3n) is 9.85. The molecule has 2 amide bonds. The van der Waals surface area contributed by atoms with E-state index >= 15 is 0 Å². The number of rotatable bonds is 7. The van der Waals surface area contributed by atoms with Gasteiger partial charge in [-0.1, -0.05) is 29.7 Å². The third-order valence-corrected chi connectivity index (χ3v) is 10.2. The number of halogens is 1. The fraction of sp³-hybridized carbons (Fsp3) is 0.500. The molecule has 238 valence electrons. The maximum Gasteiger partial charge on any atom is 0.326 e. The smallest absolute Gasteiger partial charge is 0.326 e. The molecular formula is C34H42ClN7O3. The molecular weight excluding hydrogens is 590 g/mol. The molecule has 1 aromatic heterocycles. The van der Waals surface area contributed by atoms with Crippen LogP contribution in [-0.2, 0) is 16.0 Å². The number of hydrogen-bond donors (Lipinski definition) is 3.